The van der Waals surface area contributed by atoms with Gasteiger partial charge in [-0.25, -0.2) is 0 Å². The van der Waals surface area contributed by atoms with Crippen LogP contribution >= 0.6 is 0 Å². The van der Waals surface area contributed by atoms with E-state index in [0.717, 1.165) is 25.1 Å². The highest BCUT2D eigenvalue weighted by Gasteiger charge is 2.24. The zero-order chi connectivity index (χ0) is 13.8. The zero-order valence-electron chi connectivity index (χ0n) is 10.5. The molecular weight excluding hydrogens is 248 g/mol. The maximum atomic E-state index is 10.7. The van der Waals surface area contributed by atoms with Crippen LogP contribution in [-0.4, -0.2) is 34.0 Å². The predicted molar refractivity (Wildman–Crippen MR) is 68.7 cm³/mol. The molecule has 1 aliphatic heterocycles. The van der Waals surface area contributed by atoms with Crippen LogP contribution in [0.1, 0.15) is 18.4 Å². The fourth-order valence-electron chi connectivity index (χ4n) is 2.50. The van der Waals surface area contributed by atoms with E-state index in [0.29, 0.717) is 6.54 Å². The quantitative estimate of drug-likeness (QED) is 0.648. The van der Waals surface area contributed by atoms with Crippen molar-refractivity contribution in [1.29, 1.82) is 0 Å². The van der Waals surface area contributed by atoms with Gasteiger partial charge in [-0.05, 0) is 24.4 Å². The van der Waals surface area contributed by atoms with Crippen LogP contribution in [0.4, 0.5) is 5.69 Å². The van der Waals surface area contributed by atoms with E-state index < -0.39 is 10.9 Å². The summed E-state index contributed by atoms with van der Waals surface area (Å²) in [5, 5.41) is 19.4. The second-order valence-corrected chi connectivity index (χ2v) is 4.91. The van der Waals surface area contributed by atoms with Crippen molar-refractivity contribution in [3.05, 3.63) is 39.9 Å². The van der Waals surface area contributed by atoms with Gasteiger partial charge in [0, 0.05) is 31.6 Å². The smallest absolute Gasteiger partial charge is 0.303 e. The molecule has 1 aliphatic rings. The van der Waals surface area contributed by atoms with Crippen molar-refractivity contribution in [1.82, 2.24) is 4.90 Å². The summed E-state index contributed by atoms with van der Waals surface area (Å²) in [6.07, 6.45) is 1.08. The molecule has 0 saturated carbocycles. The van der Waals surface area contributed by atoms with E-state index in [1.807, 2.05) is 6.07 Å². The highest BCUT2D eigenvalue weighted by molar-refractivity contribution is 5.67. The summed E-state index contributed by atoms with van der Waals surface area (Å²) in [5.74, 6) is -0.571. The number of carboxylic acid groups (broad SMARTS) is 1. The first-order valence-electron chi connectivity index (χ1n) is 6.22. The van der Waals surface area contributed by atoms with E-state index >= 15 is 0 Å². The van der Waals surface area contributed by atoms with Crippen LogP contribution in [0.15, 0.2) is 24.3 Å². The van der Waals surface area contributed by atoms with E-state index in [-0.39, 0.29) is 18.0 Å². The summed E-state index contributed by atoms with van der Waals surface area (Å²) in [6, 6.07) is 6.58. The molecule has 0 spiro atoms. The van der Waals surface area contributed by atoms with Gasteiger partial charge in [0.25, 0.3) is 5.69 Å². The molecule has 19 heavy (non-hydrogen) atoms. The van der Waals surface area contributed by atoms with Gasteiger partial charge in [0.1, 0.15) is 0 Å². The number of nitro benzene ring substituents is 1. The van der Waals surface area contributed by atoms with Crippen molar-refractivity contribution in [2.45, 2.75) is 19.4 Å². The molecule has 0 bridgehead atoms. The second-order valence-electron chi connectivity index (χ2n) is 4.91. The van der Waals surface area contributed by atoms with Crippen LogP contribution in [0.2, 0.25) is 0 Å². The summed E-state index contributed by atoms with van der Waals surface area (Å²) < 4.78 is 0. The topological polar surface area (TPSA) is 83.7 Å². The third-order valence-electron chi connectivity index (χ3n) is 3.36. The first-order valence-corrected chi connectivity index (χ1v) is 6.22. The third-order valence-corrected chi connectivity index (χ3v) is 3.36. The summed E-state index contributed by atoms with van der Waals surface area (Å²) in [5.41, 5.74) is 0.990. The lowest BCUT2D eigenvalue weighted by molar-refractivity contribution is -0.384. The molecule has 1 heterocycles. The number of non-ortho nitro benzene ring substituents is 1. The third kappa shape index (κ3) is 3.75. The molecule has 0 aromatic heterocycles. The van der Waals surface area contributed by atoms with Crippen molar-refractivity contribution >= 4 is 11.7 Å². The Kier molecular flexibility index (Phi) is 4.11. The average Bonchev–Trinajstić information content (AvgIpc) is 2.76. The van der Waals surface area contributed by atoms with Gasteiger partial charge in [0.15, 0.2) is 0 Å². The van der Waals surface area contributed by atoms with Crippen molar-refractivity contribution in [3.8, 4) is 0 Å². The lowest BCUT2D eigenvalue weighted by Crippen LogP contribution is -2.20. The number of hydrogen-bond acceptors (Lipinski definition) is 4. The minimum absolute atomic E-state index is 0.0961. The number of carbonyl (C=O) groups is 1. The minimum Gasteiger partial charge on any atom is -0.481 e. The Labute approximate surface area is 110 Å². The van der Waals surface area contributed by atoms with Crippen molar-refractivity contribution in [3.63, 3.8) is 0 Å². The van der Waals surface area contributed by atoms with Crippen LogP contribution in [0.5, 0.6) is 0 Å². The monoisotopic (exact) mass is 264 g/mol. The van der Waals surface area contributed by atoms with Gasteiger partial charge >= 0.3 is 5.97 Å². The Morgan fingerprint density at radius 3 is 3.00 bits per heavy atom. The number of rotatable bonds is 5. The molecule has 1 aromatic carbocycles. The number of benzene rings is 1. The Balaban J connectivity index is 1.93. The van der Waals surface area contributed by atoms with E-state index in [1.54, 1.807) is 12.1 Å². The Hall–Kier alpha value is -1.95. The van der Waals surface area contributed by atoms with Gasteiger partial charge in [-0.3, -0.25) is 19.8 Å². The van der Waals surface area contributed by atoms with Gasteiger partial charge in [-0.1, -0.05) is 12.1 Å². The first kappa shape index (κ1) is 13.5. The van der Waals surface area contributed by atoms with Crippen LogP contribution in [0, 0.1) is 16.0 Å². The number of likely N-dealkylation sites (tertiary alicyclic amines) is 1. The van der Waals surface area contributed by atoms with Crippen molar-refractivity contribution in [2.75, 3.05) is 13.1 Å². The number of nitrogens with zero attached hydrogens (tertiary/aromatic N) is 2. The molecule has 1 atom stereocenters. The standard InChI is InChI=1S/C13H16N2O4/c16-13(17)7-11-4-5-14(9-11)8-10-2-1-3-12(6-10)15(18)19/h1-3,6,11H,4-5,7-9H2,(H,16,17). The molecule has 1 saturated heterocycles. The van der Waals surface area contributed by atoms with E-state index in [1.165, 1.54) is 6.07 Å². The fourth-order valence-corrected chi connectivity index (χ4v) is 2.50. The zero-order valence-corrected chi connectivity index (χ0v) is 10.5. The highest BCUT2D eigenvalue weighted by Crippen LogP contribution is 2.22. The Morgan fingerprint density at radius 1 is 1.53 bits per heavy atom. The number of hydrogen-bond donors (Lipinski definition) is 1. The van der Waals surface area contributed by atoms with E-state index in [4.69, 9.17) is 5.11 Å². The predicted octanol–water partition coefficient (Wildman–Crippen LogP) is 1.89. The lowest BCUT2D eigenvalue weighted by Gasteiger charge is -2.15. The maximum absolute atomic E-state index is 10.7. The van der Waals surface area contributed by atoms with Crippen LogP contribution in [0.3, 0.4) is 0 Å². The first-order chi connectivity index (χ1) is 9.04. The maximum Gasteiger partial charge on any atom is 0.303 e. The minimum atomic E-state index is -0.762. The van der Waals surface area contributed by atoms with E-state index in [9.17, 15) is 14.9 Å². The average molecular weight is 264 g/mol. The molecule has 6 heteroatoms. The molecule has 1 aromatic rings. The highest BCUT2D eigenvalue weighted by atomic mass is 16.6. The normalized spacial score (nSPS) is 19.5. The van der Waals surface area contributed by atoms with Gasteiger partial charge in [0.05, 0.1) is 4.92 Å². The molecule has 6 nitrogen and oxygen atoms in total. The molecule has 0 aliphatic carbocycles. The van der Waals surface area contributed by atoms with Crippen LogP contribution in [-0.2, 0) is 11.3 Å². The van der Waals surface area contributed by atoms with Crippen LogP contribution in [0.25, 0.3) is 0 Å². The summed E-state index contributed by atoms with van der Waals surface area (Å²) in [4.78, 5) is 23.1. The molecule has 102 valence electrons. The van der Waals surface area contributed by atoms with Crippen LogP contribution < -0.4 is 0 Å². The fraction of sp³-hybridized carbons (Fsp3) is 0.462. The van der Waals surface area contributed by atoms with Gasteiger partial charge in [-0.15, -0.1) is 0 Å². The molecule has 0 radical (unpaired) electrons. The van der Waals surface area contributed by atoms with Gasteiger partial charge in [-0.2, -0.15) is 0 Å². The largest absolute Gasteiger partial charge is 0.481 e. The second kappa shape index (κ2) is 5.79. The molecule has 1 unspecified atom stereocenters. The molecular formula is C13H16N2O4. The number of carboxylic acids is 1. The molecule has 1 N–H and O–H groups in total. The molecule has 2 rings (SSSR count). The van der Waals surface area contributed by atoms with Gasteiger partial charge < -0.3 is 5.11 Å². The summed E-state index contributed by atoms with van der Waals surface area (Å²) >= 11 is 0. The Morgan fingerprint density at radius 2 is 2.32 bits per heavy atom. The summed E-state index contributed by atoms with van der Waals surface area (Å²) in [7, 11) is 0. The number of nitro groups is 1. The van der Waals surface area contributed by atoms with Crippen molar-refractivity contribution in [2.24, 2.45) is 5.92 Å². The van der Waals surface area contributed by atoms with Crippen molar-refractivity contribution < 1.29 is 14.8 Å². The SMILES string of the molecule is O=C(O)CC1CCN(Cc2cccc([N+](=O)[O-])c2)C1. The molecule has 1 fully saturated rings. The van der Waals surface area contributed by atoms with Gasteiger partial charge in [0.2, 0.25) is 0 Å². The Bertz CT molecular complexity index is 489. The molecule has 0 amide bonds. The van der Waals surface area contributed by atoms with E-state index in [2.05, 4.69) is 4.90 Å². The summed E-state index contributed by atoms with van der Waals surface area (Å²) in [6.45, 7) is 2.23. The lowest BCUT2D eigenvalue weighted by atomic mass is 10.1. The number of aliphatic carboxylic acids is 1.